The number of rotatable bonds is 15. The van der Waals surface area contributed by atoms with E-state index in [0.717, 1.165) is 31.2 Å². The number of unbranched alkanes of at least 4 members (excludes halogenated alkanes) is 4. The number of phenols is 1. The van der Waals surface area contributed by atoms with E-state index in [9.17, 15) is 19.5 Å². The van der Waals surface area contributed by atoms with Crippen LogP contribution in [0, 0.1) is 5.92 Å². The van der Waals surface area contributed by atoms with E-state index >= 15 is 0 Å². The molecule has 3 amide bonds. The minimum Gasteiger partial charge on any atom is -0.508 e. The van der Waals surface area contributed by atoms with Crippen molar-refractivity contribution >= 4 is 17.9 Å². The molecule has 3 N–H and O–H groups in total. The Hall–Kier alpha value is -3.55. The maximum atomic E-state index is 14.3. The number of para-hydroxylation sites is 1. The van der Waals surface area contributed by atoms with Crippen LogP contribution in [0.25, 0.3) is 0 Å². The lowest BCUT2D eigenvalue weighted by atomic mass is 9.98. The van der Waals surface area contributed by atoms with Crippen molar-refractivity contribution in [3.63, 3.8) is 0 Å². The van der Waals surface area contributed by atoms with Gasteiger partial charge in [-0.2, -0.15) is 0 Å². The molecule has 0 spiro atoms. The number of nitrogens with zero attached hydrogens (tertiary/aromatic N) is 1. The smallest absolute Gasteiger partial charge is 0.408 e. The zero-order chi connectivity index (χ0) is 30.4. The summed E-state index contributed by atoms with van der Waals surface area (Å²) in [5, 5.41) is 16.6. The van der Waals surface area contributed by atoms with Crippen molar-refractivity contribution in [2.75, 3.05) is 6.54 Å². The van der Waals surface area contributed by atoms with Crippen LogP contribution in [0.2, 0.25) is 0 Å². The molecule has 8 nitrogen and oxygen atoms in total. The van der Waals surface area contributed by atoms with E-state index in [1.54, 1.807) is 39.0 Å². The van der Waals surface area contributed by atoms with E-state index in [1.165, 1.54) is 11.0 Å². The number of carbonyl (C=O) groups is 3. The average molecular weight is 568 g/mol. The first-order valence-corrected chi connectivity index (χ1v) is 14.8. The summed E-state index contributed by atoms with van der Waals surface area (Å²) in [4.78, 5) is 42.5. The average Bonchev–Trinajstić information content (AvgIpc) is 2.90. The van der Waals surface area contributed by atoms with E-state index in [-0.39, 0.29) is 24.1 Å². The SMILES string of the molecule is CCCCCCCN(C(=O)C(CC(C)C)NC(=O)OC(C)(C)C)C(C(=O)NCc1ccccc1)c1ccccc1O. The van der Waals surface area contributed by atoms with E-state index in [0.29, 0.717) is 24.9 Å². The summed E-state index contributed by atoms with van der Waals surface area (Å²) in [5.74, 6) is -0.779. The minimum absolute atomic E-state index is 0.0725. The predicted molar refractivity (Wildman–Crippen MR) is 162 cm³/mol. The van der Waals surface area contributed by atoms with Crippen molar-refractivity contribution in [2.45, 2.75) is 104 Å². The number of carbonyl (C=O) groups excluding carboxylic acids is 3. The molecule has 0 aliphatic rings. The fourth-order valence-corrected chi connectivity index (χ4v) is 4.65. The second-order valence-corrected chi connectivity index (χ2v) is 11.9. The Morgan fingerprint density at radius 1 is 0.927 bits per heavy atom. The molecule has 0 aliphatic carbocycles. The second kappa shape index (κ2) is 16.7. The fraction of sp³-hybridized carbons (Fsp3) is 0.545. The summed E-state index contributed by atoms with van der Waals surface area (Å²) in [7, 11) is 0. The summed E-state index contributed by atoms with van der Waals surface area (Å²) < 4.78 is 5.46. The Balaban J connectivity index is 2.47. The number of hydrogen-bond acceptors (Lipinski definition) is 5. The van der Waals surface area contributed by atoms with Gasteiger partial charge in [-0.25, -0.2) is 4.79 Å². The number of benzene rings is 2. The lowest BCUT2D eigenvalue weighted by molar-refractivity contribution is -0.143. The van der Waals surface area contributed by atoms with Gasteiger partial charge in [0.1, 0.15) is 23.4 Å². The molecule has 0 bridgehead atoms. The van der Waals surface area contributed by atoms with Crippen LogP contribution in [0.1, 0.15) is 97.2 Å². The minimum atomic E-state index is -1.09. The number of hydrogen-bond donors (Lipinski definition) is 3. The molecule has 0 aliphatic heterocycles. The van der Waals surface area contributed by atoms with Crippen LogP contribution in [0.15, 0.2) is 54.6 Å². The van der Waals surface area contributed by atoms with Gasteiger partial charge in [-0.15, -0.1) is 0 Å². The Bertz CT molecular complexity index is 1100. The van der Waals surface area contributed by atoms with Gasteiger partial charge in [0.05, 0.1) is 0 Å². The largest absolute Gasteiger partial charge is 0.508 e. The van der Waals surface area contributed by atoms with Crippen LogP contribution >= 0.6 is 0 Å². The third-order valence-electron chi connectivity index (χ3n) is 6.58. The molecule has 0 heterocycles. The van der Waals surface area contributed by atoms with Gasteiger partial charge in [0.2, 0.25) is 11.8 Å². The van der Waals surface area contributed by atoms with Crippen molar-refractivity contribution in [3.05, 3.63) is 65.7 Å². The summed E-state index contributed by atoms with van der Waals surface area (Å²) in [5.41, 5.74) is 0.517. The highest BCUT2D eigenvalue weighted by atomic mass is 16.6. The van der Waals surface area contributed by atoms with Gasteiger partial charge in [0.15, 0.2) is 0 Å². The highest BCUT2D eigenvalue weighted by Gasteiger charge is 2.37. The predicted octanol–water partition coefficient (Wildman–Crippen LogP) is 6.49. The molecule has 0 fully saturated rings. The van der Waals surface area contributed by atoms with Gasteiger partial charge in [0.25, 0.3) is 0 Å². The maximum Gasteiger partial charge on any atom is 0.408 e. The molecule has 2 atom stereocenters. The first kappa shape index (κ1) is 33.7. The lowest BCUT2D eigenvalue weighted by Crippen LogP contribution is -2.53. The van der Waals surface area contributed by atoms with Gasteiger partial charge in [-0.05, 0) is 51.2 Å². The third-order valence-corrected chi connectivity index (χ3v) is 6.58. The van der Waals surface area contributed by atoms with Crippen LogP contribution < -0.4 is 10.6 Å². The van der Waals surface area contributed by atoms with E-state index in [1.807, 2.05) is 44.2 Å². The quantitative estimate of drug-likeness (QED) is 0.213. The van der Waals surface area contributed by atoms with Crippen molar-refractivity contribution in [2.24, 2.45) is 5.92 Å². The summed E-state index contributed by atoms with van der Waals surface area (Å²) in [6.45, 7) is 11.9. The van der Waals surface area contributed by atoms with Crippen molar-refractivity contribution in [1.82, 2.24) is 15.5 Å². The maximum absolute atomic E-state index is 14.3. The highest BCUT2D eigenvalue weighted by Crippen LogP contribution is 2.31. The lowest BCUT2D eigenvalue weighted by Gasteiger charge is -2.35. The second-order valence-electron chi connectivity index (χ2n) is 11.9. The molecule has 0 saturated carbocycles. The first-order chi connectivity index (χ1) is 19.4. The van der Waals surface area contributed by atoms with Gasteiger partial charge in [-0.3, -0.25) is 9.59 Å². The number of ether oxygens (including phenoxy) is 1. The number of nitrogens with one attached hydrogen (secondary N) is 2. The molecule has 2 aromatic rings. The van der Waals surface area contributed by atoms with Crippen molar-refractivity contribution in [1.29, 1.82) is 0 Å². The topological polar surface area (TPSA) is 108 Å². The first-order valence-electron chi connectivity index (χ1n) is 14.8. The number of alkyl carbamates (subject to hydrolysis) is 1. The standard InChI is InChI=1S/C33H49N3O5/c1-7-8-9-10-16-21-36(31(39)27(22-24(2)3)35-32(40)41-33(4,5)6)29(26-19-14-15-20-28(26)37)30(38)34-23-25-17-12-11-13-18-25/h11-15,17-20,24,27,29,37H,7-10,16,21-23H2,1-6H3,(H,34,38)(H,35,40). The normalized spacial score (nSPS) is 12.9. The van der Waals surface area contributed by atoms with Crippen LogP contribution in [-0.2, 0) is 20.9 Å². The van der Waals surface area contributed by atoms with Gasteiger partial charge in [0, 0.05) is 18.7 Å². The number of aromatic hydroxyl groups is 1. The Morgan fingerprint density at radius 3 is 2.17 bits per heavy atom. The number of amides is 3. The van der Waals surface area contributed by atoms with E-state index in [2.05, 4.69) is 17.6 Å². The van der Waals surface area contributed by atoms with Crippen LogP contribution in [0.4, 0.5) is 4.79 Å². The molecular formula is C33H49N3O5. The Kier molecular flexibility index (Phi) is 13.7. The number of phenolic OH excluding ortho intramolecular Hbond substituents is 1. The molecular weight excluding hydrogens is 518 g/mol. The molecule has 226 valence electrons. The van der Waals surface area contributed by atoms with Crippen LogP contribution in [0.3, 0.4) is 0 Å². The monoisotopic (exact) mass is 567 g/mol. The highest BCUT2D eigenvalue weighted by molar-refractivity contribution is 5.92. The van der Waals surface area contributed by atoms with Crippen molar-refractivity contribution < 1.29 is 24.2 Å². The molecule has 8 heteroatoms. The van der Waals surface area contributed by atoms with Gasteiger partial charge >= 0.3 is 6.09 Å². The van der Waals surface area contributed by atoms with Crippen LogP contribution in [-0.4, -0.2) is 46.1 Å². The van der Waals surface area contributed by atoms with Gasteiger partial charge in [-0.1, -0.05) is 95.0 Å². The fourth-order valence-electron chi connectivity index (χ4n) is 4.65. The summed E-state index contributed by atoms with van der Waals surface area (Å²) in [6.07, 6.45) is 4.45. The summed E-state index contributed by atoms with van der Waals surface area (Å²) in [6, 6.07) is 14.1. The van der Waals surface area contributed by atoms with Crippen molar-refractivity contribution in [3.8, 4) is 5.75 Å². The zero-order valence-electron chi connectivity index (χ0n) is 25.6. The molecule has 0 aromatic heterocycles. The van der Waals surface area contributed by atoms with E-state index < -0.39 is 29.7 Å². The zero-order valence-corrected chi connectivity index (χ0v) is 25.6. The molecule has 2 unspecified atom stereocenters. The summed E-state index contributed by atoms with van der Waals surface area (Å²) >= 11 is 0. The molecule has 41 heavy (non-hydrogen) atoms. The van der Waals surface area contributed by atoms with E-state index in [4.69, 9.17) is 4.74 Å². The third kappa shape index (κ3) is 11.8. The molecule has 2 aromatic carbocycles. The Labute approximate surface area is 245 Å². The molecule has 0 radical (unpaired) electrons. The van der Waals surface area contributed by atoms with Gasteiger partial charge < -0.3 is 25.4 Å². The Morgan fingerprint density at radius 2 is 1.56 bits per heavy atom. The molecule has 2 rings (SSSR count). The molecule has 0 saturated heterocycles. The van der Waals surface area contributed by atoms with Crippen LogP contribution in [0.5, 0.6) is 5.75 Å².